The summed E-state index contributed by atoms with van der Waals surface area (Å²) in [6.07, 6.45) is 0. The Morgan fingerprint density at radius 3 is 2.58 bits per heavy atom. The lowest BCUT2D eigenvalue weighted by Crippen LogP contribution is -1.93. The molecule has 96 valence electrons. The van der Waals surface area contributed by atoms with Gasteiger partial charge in [0.25, 0.3) is 0 Å². The summed E-state index contributed by atoms with van der Waals surface area (Å²) in [5.41, 5.74) is 3.66. The summed E-state index contributed by atoms with van der Waals surface area (Å²) < 4.78 is 5.89. The molecule has 0 aliphatic heterocycles. The summed E-state index contributed by atoms with van der Waals surface area (Å²) in [4.78, 5) is 0. The Kier molecular flexibility index (Phi) is 4.09. The fourth-order valence-electron chi connectivity index (χ4n) is 1.81. The highest BCUT2D eigenvalue weighted by Crippen LogP contribution is 2.30. The van der Waals surface area contributed by atoms with Crippen molar-refractivity contribution in [3.05, 3.63) is 58.7 Å². The van der Waals surface area contributed by atoms with Crippen molar-refractivity contribution in [1.82, 2.24) is 0 Å². The van der Waals surface area contributed by atoms with Gasteiger partial charge in [0.05, 0.1) is 17.5 Å². The smallest absolute Gasteiger partial charge is 0.131 e. The second-order valence-corrected chi connectivity index (χ2v) is 4.71. The van der Waals surface area contributed by atoms with Gasteiger partial charge in [-0.1, -0.05) is 23.8 Å². The average molecular weight is 272 g/mol. The van der Waals surface area contributed by atoms with Crippen LogP contribution in [0.4, 0.5) is 0 Å². The third-order valence-electron chi connectivity index (χ3n) is 2.90. The largest absolute Gasteiger partial charge is 0.457 e. The van der Waals surface area contributed by atoms with E-state index in [4.69, 9.17) is 21.6 Å². The molecule has 0 unspecified atom stereocenters. The van der Waals surface area contributed by atoms with Crippen LogP contribution in [-0.4, -0.2) is 0 Å². The number of alkyl halides is 1. The van der Waals surface area contributed by atoms with Crippen molar-refractivity contribution in [2.75, 3.05) is 0 Å². The van der Waals surface area contributed by atoms with Crippen LogP contribution in [0, 0.1) is 25.2 Å². The van der Waals surface area contributed by atoms with Gasteiger partial charge in [0, 0.05) is 5.56 Å². The Morgan fingerprint density at radius 1 is 1.11 bits per heavy atom. The Labute approximate surface area is 118 Å². The molecule has 0 bridgehead atoms. The van der Waals surface area contributed by atoms with Crippen molar-refractivity contribution in [3.63, 3.8) is 0 Å². The zero-order valence-electron chi connectivity index (χ0n) is 10.9. The normalized spacial score (nSPS) is 10.0. The molecule has 0 heterocycles. The Hall–Kier alpha value is -1.98. The van der Waals surface area contributed by atoms with Crippen LogP contribution in [0.5, 0.6) is 11.5 Å². The minimum absolute atomic E-state index is 0.397. The van der Waals surface area contributed by atoms with Crippen LogP contribution in [0.15, 0.2) is 36.4 Å². The van der Waals surface area contributed by atoms with Gasteiger partial charge in [0.1, 0.15) is 11.5 Å². The highest BCUT2D eigenvalue weighted by Gasteiger charge is 2.07. The van der Waals surface area contributed by atoms with Crippen molar-refractivity contribution < 1.29 is 4.74 Å². The molecule has 0 amide bonds. The van der Waals surface area contributed by atoms with Crippen LogP contribution in [0.2, 0.25) is 0 Å². The summed E-state index contributed by atoms with van der Waals surface area (Å²) in [5.74, 6) is 1.82. The standard InChI is InChI=1S/C16H14ClNO/c1-11-3-6-15(14(7-11)9-17)19-16-8-13(10-18)5-4-12(16)2/h3-8H,9H2,1-2H3. The molecule has 2 aromatic carbocycles. The van der Waals surface area contributed by atoms with E-state index >= 15 is 0 Å². The number of hydrogen-bond donors (Lipinski definition) is 0. The number of aryl methyl sites for hydroxylation is 2. The van der Waals surface area contributed by atoms with E-state index in [2.05, 4.69) is 6.07 Å². The quantitative estimate of drug-likeness (QED) is 0.758. The van der Waals surface area contributed by atoms with Gasteiger partial charge in [-0.2, -0.15) is 5.26 Å². The molecule has 2 aromatic rings. The van der Waals surface area contributed by atoms with Crippen LogP contribution >= 0.6 is 11.6 Å². The Balaban J connectivity index is 2.39. The first-order chi connectivity index (χ1) is 9.13. The molecule has 2 rings (SSSR count). The Morgan fingerprint density at radius 2 is 1.89 bits per heavy atom. The van der Waals surface area contributed by atoms with E-state index in [1.54, 1.807) is 12.1 Å². The number of nitrogens with zero attached hydrogens (tertiary/aromatic N) is 1. The van der Waals surface area contributed by atoms with Crippen LogP contribution in [-0.2, 0) is 5.88 Å². The number of halogens is 1. The molecule has 0 aliphatic rings. The van der Waals surface area contributed by atoms with Gasteiger partial charge in [-0.3, -0.25) is 0 Å². The van der Waals surface area contributed by atoms with E-state index in [1.807, 2.05) is 38.1 Å². The van der Waals surface area contributed by atoms with Gasteiger partial charge in [-0.05, 0) is 37.6 Å². The van der Waals surface area contributed by atoms with E-state index in [0.717, 1.165) is 22.4 Å². The fraction of sp³-hybridized carbons (Fsp3) is 0.188. The minimum atomic E-state index is 0.397. The molecule has 3 heteroatoms. The topological polar surface area (TPSA) is 33.0 Å². The van der Waals surface area contributed by atoms with Crippen molar-refractivity contribution in [2.24, 2.45) is 0 Å². The maximum atomic E-state index is 8.93. The molecule has 0 radical (unpaired) electrons. The zero-order chi connectivity index (χ0) is 13.8. The third kappa shape index (κ3) is 3.07. The predicted molar refractivity (Wildman–Crippen MR) is 76.7 cm³/mol. The third-order valence-corrected chi connectivity index (χ3v) is 3.19. The van der Waals surface area contributed by atoms with Crippen LogP contribution in [0.1, 0.15) is 22.3 Å². The average Bonchev–Trinajstić information content (AvgIpc) is 2.43. The zero-order valence-corrected chi connectivity index (χ0v) is 11.7. The van der Waals surface area contributed by atoms with Crippen molar-refractivity contribution in [3.8, 4) is 17.6 Å². The van der Waals surface area contributed by atoms with E-state index in [1.165, 1.54) is 0 Å². The molecule has 0 N–H and O–H groups in total. The first kappa shape index (κ1) is 13.5. The highest BCUT2D eigenvalue weighted by atomic mass is 35.5. The van der Waals surface area contributed by atoms with Gasteiger partial charge in [-0.15, -0.1) is 11.6 Å². The molecule has 0 saturated heterocycles. The highest BCUT2D eigenvalue weighted by molar-refractivity contribution is 6.17. The lowest BCUT2D eigenvalue weighted by molar-refractivity contribution is 0.474. The Bertz CT molecular complexity index is 644. The summed E-state index contributed by atoms with van der Waals surface area (Å²) in [6.45, 7) is 3.96. The van der Waals surface area contributed by atoms with Crippen LogP contribution in [0.25, 0.3) is 0 Å². The van der Waals surface area contributed by atoms with Gasteiger partial charge >= 0.3 is 0 Å². The van der Waals surface area contributed by atoms with Crippen molar-refractivity contribution in [1.29, 1.82) is 5.26 Å². The predicted octanol–water partition coefficient (Wildman–Crippen LogP) is 4.71. The van der Waals surface area contributed by atoms with Gasteiger partial charge in [0.15, 0.2) is 0 Å². The van der Waals surface area contributed by atoms with E-state index in [0.29, 0.717) is 17.2 Å². The van der Waals surface area contributed by atoms with Crippen LogP contribution < -0.4 is 4.74 Å². The first-order valence-corrected chi connectivity index (χ1v) is 6.51. The fourth-order valence-corrected chi connectivity index (χ4v) is 2.02. The van der Waals surface area contributed by atoms with E-state index in [-0.39, 0.29) is 0 Å². The number of hydrogen-bond acceptors (Lipinski definition) is 2. The molecule has 0 fully saturated rings. The number of rotatable bonds is 3. The molecule has 19 heavy (non-hydrogen) atoms. The maximum absolute atomic E-state index is 8.93. The second-order valence-electron chi connectivity index (χ2n) is 4.44. The molecular formula is C16H14ClNO. The number of ether oxygens (including phenoxy) is 1. The molecule has 0 spiro atoms. The van der Waals surface area contributed by atoms with Crippen molar-refractivity contribution in [2.45, 2.75) is 19.7 Å². The monoisotopic (exact) mass is 271 g/mol. The first-order valence-electron chi connectivity index (χ1n) is 5.98. The molecule has 0 aliphatic carbocycles. The minimum Gasteiger partial charge on any atom is -0.457 e. The molecular weight excluding hydrogens is 258 g/mol. The molecule has 2 nitrogen and oxygen atoms in total. The van der Waals surface area contributed by atoms with E-state index < -0.39 is 0 Å². The molecule has 0 atom stereocenters. The van der Waals surface area contributed by atoms with Gasteiger partial charge < -0.3 is 4.74 Å². The van der Waals surface area contributed by atoms with Gasteiger partial charge in [0.2, 0.25) is 0 Å². The number of nitriles is 1. The molecule has 0 aromatic heterocycles. The summed E-state index contributed by atoms with van der Waals surface area (Å²) in [7, 11) is 0. The SMILES string of the molecule is Cc1ccc(Oc2cc(C#N)ccc2C)c(CCl)c1. The van der Waals surface area contributed by atoms with E-state index in [9.17, 15) is 0 Å². The molecule has 0 saturated carbocycles. The second kappa shape index (κ2) is 5.77. The summed E-state index contributed by atoms with van der Waals surface area (Å²) in [5, 5.41) is 8.93. The van der Waals surface area contributed by atoms with Crippen LogP contribution in [0.3, 0.4) is 0 Å². The van der Waals surface area contributed by atoms with Gasteiger partial charge in [-0.25, -0.2) is 0 Å². The lowest BCUT2D eigenvalue weighted by atomic mass is 10.1. The maximum Gasteiger partial charge on any atom is 0.131 e. The lowest BCUT2D eigenvalue weighted by Gasteiger charge is -2.12. The summed E-state index contributed by atoms with van der Waals surface area (Å²) in [6, 6.07) is 13.4. The summed E-state index contributed by atoms with van der Waals surface area (Å²) >= 11 is 5.94. The van der Waals surface area contributed by atoms with Crippen molar-refractivity contribution >= 4 is 11.6 Å². The number of benzene rings is 2.